The van der Waals surface area contributed by atoms with Crippen LogP contribution in [0, 0.1) is 24.7 Å². The van der Waals surface area contributed by atoms with E-state index in [0.29, 0.717) is 23.8 Å². The Balaban J connectivity index is 0.00000182. The number of benzene rings is 1. The number of carbonyl (C=O) groups excluding carboxylic acids is 1. The van der Waals surface area contributed by atoms with Crippen LogP contribution in [0.4, 0.5) is 0 Å². The Hall–Kier alpha value is -0.580. The fraction of sp³-hybridized carbons (Fsp3) is 0.650. The number of fused-ring (bicyclic) bond motifs is 3. The van der Waals surface area contributed by atoms with Crippen LogP contribution in [0.25, 0.3) is 0 Å². The summed E-state index contributed by atoms with van der Waals surface area (Å²) in [7, 11) is 0. The number of nitrogens with zero attached hydrogens (tertiary/aromatic N) is 1. The molecule has 0 aromatic heterocycles. The van der Waals surface area contributed by atoms with Crippen molar-refractivity contribution in [2.75, 3.05) is 6.54 Å². The lowest BCUT2D eigenvalue weighted by molar-refractivity contribution is -0.139. The van der Waals surface area contributed by atoms with Crippen molar-refractivity contribution in [3.05, 3.63) is 33.3 Å². The molecule has 2 bridgehead atoms. The van der Waals surface area contributed by atoms with Gasteiger partial charge in [0.05, 0.1) is 0 Å². The SMILES string of the molecule is Cc1cc(Br)cc2c1CN(C(=O)C1CC3CCCC(C1)C3N)CC2.Cl. The number of halogens is 2. The van der Waals surface area contributed by atoms with E-state index in [1.165, 1.54) is 36.0 Å². The molecule has 1 amide bonds. The molecule has 1 aliphatic heterocycles. The highest BCUT2D eigenvalue weighted by Gasteiger charge is 2.41. The van der Waals surface area contributed by atoms with E-state index in [1.807, 2.05) is 0 Å². The highest BCUT2D eigenvalue weighted by atomic mass is 79.9. The van der Waals surface area contributed by atoms with Crippen molar-refractivity contribution in [2.45, 2.75) is 58.0 Å². The van der Waals surface area contributed by atoms with Crippen molar-refractivity contribution in [1.82, 2.24) is 4.90 Å². The Morgan fingerprint density at radius 2 is 1.92 bits per heavy atom. The molecular formula is C20H28BrClN2O. The van der Waals surface area contributed by atoms with Gasteiger partial charge in [0.2, 0.25) is 5.91 Å². The second-order valence-corrected chi connectivity index (χ2v) is 8.98. The molecule has 0 radical (unpaired) electrons. The standard InChI is InChI=1S/C20H27BrN2O.ClH/c1-12-7-17(21)10-13-5-6-23(11-18(12)13)20(24)16-8-14-3-2-4-15(9-16)19(14)22;/h7,10,14-16,19H,2-6,8-9,11,22H2,1H3;1H. The molecule has 1 heterocycles. The average Bonchev–Trinajstić information content (AvgIpc) is 2.53. The predicted octanol–water partition coefficient (Wildman–Crippen LogP) is 4.22. The number of amides is 1. The van der Waals surface area contributed by atoms with Gasteiger partial charge >= 0.3 is 0 Å². The van der Waals surface area contributed by atoms with Crippen molar-refractivity contribution < 1.29 is 4.79 Å². The first kappa shape index (κ1) is 19.2. The van der Waals surface area contributed by atoms with Crippen LogP contribution in [0.1, 0.15) is 48.8 Å². The highest BCUT2D eigenvalue weighted by Crippen LogP contribution is 2.42. The van der Waals surface area contributed by atoms with E-state index in [-0.39, 0.29) is 18.3 Å². The van der Waals surface area contributed by atoms with Crippen molar-refractivity contribution in [1.29, 1.82) is 0 Å². The zero-order chi connectivity index (χ0) is 16.8. The van der Waals surface area contributed by atoms with E-state index >= 15 is 0 Å². The molecule has 3 aliphatic rings. The molecular weight excluding hydrogens is 400 g/mol. The van der Waals surface area contributed by atoms with E-state index in [2.05, 4.69) is 39.9 Å². The number of carbonyl (C=O) groups is 1. The summed E-state index contributed by atoms with van der Waals surface area (Å²) in [6, 6.07) is 4.72. The molecule has 138 valence electrons. The van der Waals surface area contributed by atoms with Crippen LogP contribution >= 0.6 is 28.3 Å². The van der Waals surface area contributed by atoms with Gasteiger partial charge in [0.1, 0.15) is 0 Å². The van der Waals surface area contributed by atoms with Crippen LogP contribution in [0.5, 0.6) is 0 Å². The van der Waals surface area contributed by atoms with Crippen molar-refractivity contribution in [3.63, 3.8) is 0 Å². The monoisotopic (exact) mass is 426 g/mol. The lowest BCUT2D eigenvalue weighted by Gasteiger charge is -2.45. The summed E-state index contributed by atoms with van der Waals surface area (Å²) in [4.78, 5) is 15.3. The molecule has 5 heteroatoms. The smallest absolute Gasteiger partial charge is 0.226 e. The third-order valence-electron chi connectivity index (χ3n) is 6.60. The minimum absolute atomic E-state index is 0. The summed E-state index contributed by atoms with van der Waals surface area (Å²) in [5.74, 6) is 1.73. The predicted molar refractivity (Wildman–Crippen MR) is 107 cm³/mol. The Labute approximate surface area is 165 Å². The normalized spacial score (nSPS) is 31.1. The Morgan fingerprint density at radius 1 is 1.24 bits per heavy atom. The van der Waals surface area contributed by atoms with E-state index in [0.717, 1.165) is 36.8 Å². The first-order valence-electron chi connectivity index (χ1n) is 9.35. The van der Waals surface area contributed by atoms with Gasteiger partial charge in [-0.1, -0.05) is 22.4 Å². The van der Waals surface area contributed by atoms with Crippen LogP contribution in [0.15, 0.2) is 16.6 Å². The lowest BCUT2D eigenvalue weighted by atomic mass is 9.65. The first-order valence-corrected chi connectivity index (χ1v) is 10.1. The van der Waals surface area contributed by atoms with Crippen molar-refractivity contribution >= 4 is 34.2 Å². The van der Waals surface area contributed by atoms with Crippen LogP contribution in [0.3, 0.4) is 0 Å². The van der Waals surface area contributed by atoms with Gasteiger partial charge in [-0.15, -0.1) is 12.4 Å². The molecule has 0 spiro atoms. The minimum atomic E-state index is 0. The van der Waals surface area contributed by atoms with Crippen LogP contribution in [0.2, 0.25) is 0 Å². The number of hydrogen-bond acceptors (Lipinski definition) is 2. The molecule has 2 fully saturated rings. The van der Waals surface area contributed by atoms with Gasteiger partial charge in [0, 0.05) is 29.5 Å². The molecule has 2 aliphatic carbocycles. The van der Waals surface area contributed by atoms with Gasteiger partial charge < -0.3 is 10.6 Å². The quantitative estimate of drug-likeness (QED) is 0.729. The molecule has 0 saturated heterocycles. The van der Waals surface area contributed by atoms with Crippen LogP contribution in [-0.4, -0.2) is 23.4 Å². The fourth-order valence-electron chi connectivity index (χ4n) is 5.25. The summed E-state index contributed by atoms with van der Waals surface area (Å²) in [6.45, 7) is 3.80. The highest BCUT2D eigenvalue weighted by molar-refractivity contribution is 9.10. The van der Waals surface area contributed by atoms with Gasteiger partial charge in [-0.3, -0.25) is 4.79 Å². The minimum Gasteiger partial charge on any atom is -0.338 e. The van der Waals surface area contributed by atoms with Gasteiger partial charge in [0.15, 0.2) is 0 Å². The molecule has 4 rings (SSSR count). The summed E-state index contributed by atoms with van der Waals surface area (Å²) in [5, 5.41) is 0. The van der Waals surface area contributed by atoms with Gasteiger partial charge in [-0.05, 0) is 79.7 Å². The molecule has 2 unspecified atom stereocenters. The summed E-state index contributed by atoms with van der Waals surface area (Å²) in [6.07, 6.45) is 6.74. The molecule has 2 atom stereocenters. The van der Waals surface area contributed by atoms with Gasteiger partial charge in [-0.25, -0.2) is 0 Å². The van der Waals surface area contributed by atoms with E-state index in [1.54, 1.807) is 0 Å². The third kappa shape index (κ3) is 3.63. The van der Waals surface area contributed by atoms with Crippen LogP contribution < -0.4 is 5.73 Å². The topological polar surface area (TPSA) is 46.3 Å². The third-order valence-corrected chi connectivity index (χ3v) is 7.06. The van der Waals surface area contributed by atoms with Gasteiger partial charge in [-0.2, -0.15) is 0 Å². The van der Waals surface area contributed by atoms with Crippen molar-refractivity contribution in [3.8, 4) is 0 Å². The number of aryl methyl sites for hydroxylation is 1. The Morgan fingerprint density at radius 3 is 2.60 bits per heavy atom. The number of nitrogens with two attached hydrogens (primary N) is 1. The molecule has 25 heavy (non-hydrogen) atoms. The largest absolute Gasteiger partial charge is 0.338 e. The molecule has 1 aromatic carbocycles. The fourth-order valence-corrected chi connectivity index (χ4v) is 5.87. The Bertz CT molecular complexity index is 651. The average molecular weight is 428 g/mol. The second kappa shape index (κ2) is 7.58. The zero-order valence-corrected chi connectivity index (χ0v) is 17.2. The second-order valence-electron chi connectivity index (χ2n) is 8.07. The number of hydrogen-bond donors (Lipinski definition) is 1. The van der Waals surface area contributed by atoms with E-state index in [4.69, 9.17) is 5.73 Å². The summed E-state index contributed by atoms with van der Waals surface area (Å²) >= 11 is 3.59. The Kier molecular flexibility index (Phi) is 5.81. The molecule has 2 N–H and O–H groups in total. The molecule has 1 aromatic rings. The summed E-state index contributed by atoms with van der Waals surface area (Å²) < 4.78 is 1.15. The maximum atomic E-state index is 13.2. The maximum Gasteiger partial charge on any atom is 0.226 e. The number of rotatable bonds is 1. The van der Waals surface area contributed by atoms with E-state index < -0.39 is 0 Å². The first-order chi connectivity index (χ1) is 11.5. The zero-order valence-electron chi connectivity index (χ0n) is 14.8. The van der Waals surface area contributed by atoms with Crippen LogP contribution in [-0.2, 0) is 17.8 Å². The lowest BCUT2D eigenvalue weighted by Crippen LogP contribution is -2.50. The molecule has 3 nitrogen and oxygen atoms in total. The van der Waals surface area contributed by atoms with E-state index in [9.17, 15) is 4.79 Å². The summed E-state index contributed by atoms with van der Waals surface area (Å²) in [5.41, 5.74) is 10.4. The molecule has 2 saturated carbocycles. The maximum absolute atomic E-state index is 13.2. The van der Waals surface area contributed by atoms with Crippen molar-refractivity contribution in [2.24, 2.45) is 23.5 Å². The van der Waals surface area contributed by atoms with Gasteiger partial charge in [0.25, 0.3) is 0 Å².